The lowest BCUT2D eigenvalue weighted by Crippen LogP contribution is -2.16. The van der Waals surface area contributed by atoms with Gasteiger partial charge < -0.3 is 15.6 Å². The minimum atomic E-state index is -0.966. The lowest BCUT2D eigenvalue weighted by molar-refractivity contribution is -0.137. The number of ether oxygens (including phenoxy) is 1. The molecule has 0 bridgehead atoms. The quantitative estimate of drug-likeness (QED) is 0.850. The number of aliphatic carboxylic acids is 1. The highest BCUT2D eigenvalue weighted by molar-refractivity contribution is 6.31. The Labute approximate surface area is 99.0 Å². The maximum Gasteiger partial charge on any atom is 0.305 e. The van der Waals surface area contributed by atoms with Gasteiger partial charge in [-0.15, -0.1) is 0 Å². The van der Waals surface area contributed by atoms with E-state index < -0.39 is 12.0 Å². The zero-order valence-electron chi connectivity index (χ0n) is 9.16. The predicted octanol–water partition coefficient (Wildman–Crippen LogP) is 2.13. The Morgan fingerprint density at radius 2 is 2.25 bits per heavy atom. The predicted molar refractivity (Wildman–Crippen MR) is 61.9 cm³/mol. The Hall–Kier alpha value is -1.26. The van der Waals surface area contributed by atoms with Crippen LogP contribution in [0, 0.1) is 6.92 Å². The third-order valence-electron chi connectivity index (χ3n) is 2.31. The molecule has 0 aliphatic carbocycles. The van der Waals surface area contributed by atoms with Gasteiger partial charge in [0.15, 0.2) is 0 Å². The van der Waals surface area contributed by atoms with Gasteiger partial charge in [-0.2, -0.15) is 0 Å². The monoisotopic (exact) mass is 243 g/mol. The standard InChI is InChI=1S/C11H14ClNO3/c1-6-3-4-7(12)10(11(6)16-2)8(13)5-9(14)15/h3-4,8H,5,13H2,1-2H3,(H,14,15). The molecule has 1 atom stereocenters. The Balaban J connectivity index is 3.19. The van der Waals surface area contributed by atoms with Gasteiger partial charge in [-0.1, -0.05) is 17.7 Å². The van der Waals surface area contributed by atoms with E-state index in [1.807, 2.05) is 6.92 Å². The zero-order chi connectivity index (χ0) is 12.3. The highest BCUT2D eigenvalue weighted by Gasteiger charge is 2.19. The molecule has 16 heavy (non-hydrogen) atoms. The molecule has 1 aromatic rings. The first-order valence-corrected chi connectivity index (χ1v) is 5.15. The van der Waals surface area contributed by atoms with Gasteiger partial charge in [0, 0.05) is 16.6 Å². The summed E-state index contributed by atoms with van der Waals surface area (Å²) in [6.45, 7) is 1.85. The smallest absolute Gasteiger partial charge is 0.305 e. The van der Waals surface area contributed by atoms with Crippen LogP contribution in [0.3, 0.4) is 0 Å². The lowest BCUT2D eigenvalue weighted by Gasteiger charge is -2.17. The molecule has 1 rings (SSSR count). The van der Waals surface area contributed by atoms with Crippen LogP contribution in [0.1, 0.15) is 23.6 Å². The molecule has 5 heteroatoms. The van der Waals surface area contributed by atoms with Crippen molar-refractivity contribution in [2.75, 3.05) is 7.11 Å². The first kappa shape index (κ1) is 12.8. The molecule has 0 saturated heterocycles. The van der Waals surface area contributed by atoms with Crippen molar-refractivity contribution in [3.05, 3.63) is 28.3 Å². The Bertz CT molecular complexity index is 406. The van der Waals surface area contributed by atoms with E-state index >= 15 is 0 Å². The summed E-state index contributed by atoms with van der Waals surface area (Å²) in [5.41, 5.74) is 7.22. The van der Waals surface area contributed by atoms with E-state index in [2.05, 4.69) is 0 Å². The first-order chi connectivity index (χ1) is 7.47. The second-order valence-corrected chi connectivity index (χ2v) is 3.92. The number of benzene rings is 1. The van der Waals surface area contributed by atoms with E-state index in [0.717, 1.165) is 5.56 Å². The minimum Gasteiger partial charge on any atom is -0.496 e. The van der Waals surface area contributed by atoms with Gasteiger partial charge in [-0.3, -0.25) is 4.79 Å². The van der Waals surface area contributed by atoms with Crippen LogP contribution >= 0.6 is 11.6 Å². The molecule has 1 aromatic carbocycles. The number of halogens is 1. The maximum absolute atomic E-state index is 10.6. The Kier molecular flexibility index (Phi) is 4.15. The van der Waals surface area contributed by atoms with Crippen molar-refractivity contribution in [1.29, 1.82) is 0 Å². The van der Waals surface area contributed by atoms with E-state index in [1.54, 1.807) is 12.1 Å². The van der Waals surface area contributed by atoms with Gasteiger partial charge in [-0.05, 0) is 18.6 Å². The van der Waals surface area contributed by atoms with E-state index in [9.17, 15) is 4.79 Å². The molecular weight excluding hydrogens is 230 g/mol. The summed E-state index contributed by atoms with van der Waals surface area (Å²) in [4.78, 5) is 10.6. The molecule has 0 fully saturated rings. The van der Waals surface area contributed by atoms with Gasteiger partial charge in [0.25, 0.3) is 0 Å². The van der Waals surface area contributed by atoms with Gasteiger partial charge >= 0.3 is 5.97 Å². The SMILES string of the molecule is COc1c(C)ccc(Cl)c1C(N)CC(=O)O. The van der Waals surface area contributed by atoms with Crippen molar-refractivity contribution in [2.24, 2.45) is 5.73 Å². The molecule has 88 valence electrons. The molecule has 0 radical (unpaired) electrons. The van der Waals surface area contributed by atoms with Crippen LogP contribution in [-0.2, 0) is 4.79 Å². The fraction of sp³-hybridized carbons (Fsp3) is 0.364. The summed E-state index contributed by atoms with van der Waals surface area (Å²) in [7, 11) is 1.51. The number of methoxy groups -OCH3 is 1. The van der Waals surface area contributed by atoms with Crippen LogP contribution in [0.2, 0.25) is 5.02 Å². The molecular formula is C11H14ClNO3. The highest BCUT2D eigenvalue weighted by atomic mass is 35.5. The molecule has 0 aromatic heterocycles. The van der Waals surface area contributed by atoms with Crippen molar-refractivity contribution in [2.45, 2.75) is 19.4 Å². The maximum atomic E-state index is 10.6. The second-order valence-electron chi connectivity index (χ2n) is 3.52. The summed E-state index contributed by atoms with van der Waals surface area (Å²) in [6.07, 6.45) is -0.181. The van der Waals surface area contributed by atoms with Crippen LogP contribution < -0.4 is 10.5 Å². The molecule has 0 spiro atoms. The van der Waals surface area contributed by atoms with Crippen molar-refractivity contribution in [3.8, 4) is 5.75 Å². The fourth-order valence-electron chi connectivity index (χ4n) is 1.59. The lowest BCUT2D eigenvalue weighted by atomic mass is 10.0. The summed E-state index contributed by atoms with van der Waals surface area (Å²) in [5, 5.41) is 9.13. The second kappa shape index (κ2) is 5.18. The largest absolute Gasteiger partial charge is 0.496 e. The van der Waals surface area contributed by atoms with Gasteiger partial charge in [-0.25, -0.2) is 0 Å². The van der Waals surface area contributed by atoms with Gasteiger partial charge in [0.05, 0.1) is 13.5 Å². The third-order valence-corrected chi connectivity index (χ3v) is 2.64. The third kappa shape index (κ3) is 2.65. The number of carboxylic acid groups (broad SMARTS) is 1. The van der Waals surface area contributed by atoms with Crippen LogP contribution in [-0.4, -0.2) is 18.2 Å². The number of carbonyl (C=O) groups is 1. The Morgan fingerprint density at radius 3 is 2.75 bits per heavy atom. The molecule has 0 heterocycles. The van der Waals surface area contributed by atoms with Crippen molar-refractivity contribution < 1.29 is 14.6 Å². The molecule has 0 aliphatic rings. The topological polar surface area (TPSA) is 72.5 Å². The van der Waals surface area contributed by atoms with E-state index in [1.165, 1.54) is 7.11 Å². The summed E-state index contributed by atoms with van der Waals surface area (Å²) in [6, 6.07) is 2.83. The van der Waals surface area contributed by atoms with Crippen molar-refractivity contribution in [3.63, 3.8) is 0 Å². The summed E-state index contributed by atoms with van der Waals surface area (Å²) >= 11 is 6.01. The minimum absolute atomic E-state index is 0.181. The average Bonchev–Trinajstić information content (AvgIpc) is 2.19. The fourth-order valence-corrected chi connectivity index (χ4v) is 1.88. The van der Waals surface area contributed by atoms with Crippen molar-refractivity contribution in [1.82, 2.24) is 0 Å². The Morgan fingerprint density at radius 1 is 1.62 bits per heavy atom. The van der Waals surface area contributed by atoms with Gasteiger partial charge in [0.1, 0.15) is 5.75 Å². The number of carboxylic acids is 1. The molecule has 0 aliphatic heterocycles. The number of aryl methyl sites for hydroxylation is 1. The van der Waals surface area contributed by atoms with E-state index in [-0.39, 0.29) is 6.42 Å². The summed E-state index contributed by atoms with van der Waals surface area (Å²) in [5.74, 6) is -0.409. The molecule has 1 unspecified atom stereocenters. The molecule has 3 N–H and O–H groups in total. The highest BCUT2D eigenvalue weighted by Crippen LogP contribution is 2.35. The van der Waals surface area contributed by atoms with Crippen LogP contribution in [0.4, 0.5) is 0 Å². The van der Waals surface area contributed by atoms with Gasteiger partial charge in [0.2, 0.25) is 0 Å². The van der Waals surface area contributed by atoms with Crippen LogP contribution in [0.5, 0.6) is 5.75 Å². The van der Waals surface area contributed by atoms with Crippen LogP contribution in [0.25, 0.3) is 0 Å². The molecule has 0 saturated carbocycles. The summed E-state index contributed by atoms with van der Waals surface area (Å²) < 4.78 is 5.20. The molecule has 0 amide bonds. The van der Waals surface area contributed by atoms with Crippen LogP contribution in [0.15, 0.2) is 12.1 Å². The number of nitrogens with two attached hydrogens (primary N) is 1. The molecule has 4 nitrogen and oxygen atoms in total. The zero-order valence-corrected chi connectivity index (χ0v) is 9.91. The van der Waals surface area contributed by atoms with Crippen molar-refractivity contribution >= 4 is 17.6 Å². The number of hydrogen-bond donors (Lipinski definition) is 2. The average molecular weight is 244 g/mol. The van der Waals surface area contributed by atoms with E-state index in [0.29, 0.717) is 16.3 Å². The van der Waals surface area contributed by atoms with E-state index in [4.69, 9.17) is 27.2 Å². The number of hydrogen-bond acceptors (Lipinski definition) is 3. The number of rotatable bonds is 4. The first-order valence-electron chi connectivity index (χ1n) is 4.77. The normalized spacial score (nSPS) is 12.2.